The number of amides is 1. The van der Waals surface area contributed by atoms with Crippen LogP contribution < -0.4 is 10.1 Å². The van der Waals surface area contributed by atoms with E-state index in [-0.39, 0.29) is 11.9 Å². The number of methoxy groups -OCH3 is 1. The summed E-state index contributed by atoms with van der Waals surface area (Å²) in [5.41, 5.74) is 2.84. The fraction of sp³-hybridized carbons (Fsp3) is 0.286. The van der Waals surface area contributed by atoms with E-state index in [2.05, 4.69) is 21.9 Å². The van der Waals surface area contributed by atoms with Gasteiger partial charge in [-0.15, -0.1) is 0 Å². The molecule has 144 valence electrons. The van der Waals surface area contributed by atoms with Crippen molar-refractivity contribution in [2.45, 2.75) is 18.9 Å². The van der Waals surface area contributed by atoms with Gasteiger partial charge in [-0.25, -0.2) is 9.97 Å². The fourth-order valence-electron chi connectivity index (χ4n) is 3.56. The van der Waals surface area contributed by atoms with Gasteiger partial charge < -0.3 is 15.0 Å². The number of hydrogen-bond acceptors (Lipinski definition) is 5. The molecule has 1 saturated heterocycles. The molecule has 1 aliphatic heterocycles. The summed E-state index contributed by atoms with van der Waals surface area (Å²) in [6.45, 7) is 5.00. The molecule has 1 aromatic carbocycles. The van der Waals surface area contributed by atoms with Gasteiger partial charge >= 0.3 is 0 Å². The van der Waals surface area contributed by atoms with Gasteiger partial charge in [0, 0.05) is 37.1 Å². The summed E-state index contributed by atoms with van der Waals surface area (Å²) < 4.78 is 7.27. The van der Waals surface area contributed by atoms with Gasteiger partial charge in [0.05, 0.1) is 19.0 Å². The number of benzene rings is 1. The minimum Gasteiger partial charge on any atom is -0.497 e. The monoisotopic (exact) mass is 377 g/mol. The van der Waals surface area contributed by atoms with Crippen molar-refractivity contribution in [1.82, 2.24) is 19.3 Å². The van der Waals surface area contributed by atoms with Crippen molar-refractivity contribution in [3.05, 3.63) is 55.5 Å². The number of ether oxygens (including phenoxy) is 1. The number of likely N-dealkylation sites (tertiary alicyclic amines) is 1. The van der Waals surface area contributed by atoms with Crippen molar-refractivity contribution in [2.24, 2.45) is 0 Å². The number of nitrogens with one attached hydrogen (secondary N) is 1. The van der Waals surface area contributed by atoms with Crippen LogP contribution in [0.5, 0.6) is 5.75 Å². The molecule has 3 aromatic rings. The molecule has 0 aliphatic carbocycles. The molecule has 1 amide bonds. The molecule has 7 nitrogen and oxygen atoms in total. The number of imidazole rings is 1. The molecule has 1 N–H and O–H groups in total. The lowest BCUT2D eigenvalue weighted by Crippen LogP contribution is -2.41. The highest BCUT2D eigenvalue weighted by Gasteiger charge is 2.22. The average molecular weight is 377 g/mol. The molecular formula is C21H23N5O2. The molecule has 0 saturated carbocycles. The zero-order valence-corrected chi connectivity index (χ0v) is 15.8. The van der Waals surface area contributed by atoms with Crippen molar-refractivity contribution in [3.63, 3.8) is 0 Å². The summed E-state index contributed by atoms with van der Waals surface area (Å²) in [6, 6.07) is 8.17. The molecule has 28 heavy (non-hydrogen) atoms. The van der Waals surface area contributed by atoms with E-state index in [1.54, 1.807) is 13.3 Å². The van der Waals surface area contributed by atoms with Crippen molar-refractivity contribution < 1.29 is 9.53 Å². The summed E-state index contributed by atoms with van der Waals surface area (Å²) >= 11 is 0. The average Bonchev–Trinajstić information content (AvgIpc) is 3.19. The highest BCUT2D eigenvalue weighted by Crippen LogP contribution is 2.26. The Hall–Kier alpha value is -3.35. The minimum atomic E-state index is -0.00364. The predicted molar refractivity (Wildman–Crippen MR) is 108 cm³/mol. The van der Waals surface area contributed by atoms with Crippen LogP contribution in [-0.4, -0.2) is 51.4 Å². The van der Waals surface area contributed by atoms with Crippen LogP contribution in [-0.2, 0) is 4.79 Å². The second-order valence-corrected chi connectivity index (χ2v) is 6.79. The second-order valence-electron chi connectivity index (χ2n) is 6.79. The zero-order chi connectivity index (χ0) is 19.5. The molecule has 1 aliphatic rings. The van der Waals surface area contributed by atoms with E-state index in [0.29, 0.717) is 0 Å². The molecule has 3 heterocycles. The largest absolute Gasteiger partial charge is 0.497 e. The first-order valence-electron chi connectivity index (χ1n) is 9.34. The number of anilines is 1. The molecular weight excluding hydrogens is 354 g/mol. The summed E-state index contributed by atoms with van der Waals surface area (Å²) in [5.74, 6) is 1.58. The van der Waals surface area contributed by atoms with Gasteiger partial charge in [0.2, 0.25) is 5.91 Å². The Morgan fingerprint density at radius 3 is 2.68 bits per heavy atom. The first kappa shape index (κ1) is 18.0. The molecule has 0 atom stereocenters. The van der Waals surface area contributed by atoms with Crippen LogP contribution in [0.15, 0.2) is 55.5 Å². The smallest absolute Gasteiger partial charge is 0.245 e. The lowest BCUT2D eigenvalue weighted by atomic mass is 10.1. The first-order chi connectivity index (χ1) is 13.7. The van der Waals surface area contributed by atoms with Gasteiger partial charge in [-0.1, -0.05) is 6.58 Å². The van der Waals surface area contributed by atoms with Crippen LogP contribution in [0.1, 0.15) is 12.8 Å². The topological polar surface area (TPSA) is 71.8 Å². The number of piperidine rings is 1. The maximum absolute atomic E-state index is 11.7. The highest BCUT2D eigenvalue weighted by molar-refractivity contribution is 5.87. The third-order valence-electron chi connectivity index (χ3n) is 5.14. The number of carbonyl (C=O) groups excluding carboxylic acids is 1. The third kappa shape index (κ3) is 3.43. The molecule has 1 fully saturated rings. The van der Waals surface area contributed by atoms with Crippen LogP contribution in [0, 0.1) is 0 Å². The van der Waals surface area contributed by atoms with Gasteiger partial charge in [-0.2, -0.15) is 0 Å². The lowest BCUT2D eigenvalue weighted by molar-refractivity contribution is -0.126. The molecule has 0 radical (unpaired) electrons. The highest BCUT2D eigenvalue weighted by atomic mass is 16.5. The Bertz CT molecular complexity index is 988. The molecule has 0 spiro atoms. The number of hydrogen-bond donors (Lipinski definition) is 1. The second kappa shape index (κ2) is 7.72. The number of aromatic nitrogens is 3. The van der Waals surface area contributed by atoms with E-state index in [1.165, 1.54) is 6.08 Å². The lowest BCUT2D eigenvalue weighted by Gasteiger charge is -2.32. The standard InChI is InChI=1S/C21H23N5O2/c1-3-19(27)25-11-8-16(9-12-25)24-20-21-23-14-18(26(21)13-10-22-20)15-4-6-17(28-2)7-5-15/h3-7,10,13-14,16H,1,8-9,11-12H2,2H3,(H,22,24). The maximum atomic E-state index is 11.7. The van der Waals surface area contributed by atoms with E-state index >= 15 is 0 Å². The van der Waals surface area contributed by atoms with Crippen LogP contribution in [0.3, 0.4) is 0 Å². The number of nitrogens with zero attached hydrogens (tertiary/aromatic N) is 4. The normalized spacial score (nSPS) is 14.8. The van der Waals surface area contributed by atoms with Gasteiger partial charge in [0.1, 0.15) is 5.75 Å². The van der Waals surface area contributed by atoms with Crippen LogP contribution in [0.2, 0.25) is 0 Å². The van der Waals surface area contributed by atoms with Crippen LogP contribution in [0.4, 0.5) is 5.82 Å². The van der Waals surface area contributed by atoms with E-state index in [9.17, 15) is 4.79 Å². The van der Waals surface area contributed by atoms with E-state index in [4.69, 9.17) is 4.74 Å². The number of rotatable bonds is 5. The molecule has 0 bridgehead atoms. The van der Waals surface area contributed by atoms with Gasteiger partial charge in [0.25, 0.3) is 0 Å². The van der Waals surface area contributed by atoms with E-state index < -0.39 is 0 Å². The third-order valence-corrected chi connectivity index (χ3v) is 5.14. The Balaban J connectivity index is 1.54. The summed E-state index contributed by atoms with van der Waals surface area (Å²) in [5, 5.41) is 3.51. The quantitative estimate of drug-likeness (QED) is 0.692. The molecule has 4 rings (SSSR count). The van der Waals surface area contributed by atoms with Crippen molar-refractivity contribution >= 4 is 17.4 Å². The zero-order valence-electron chi connectivity index (χ0n) is 15.8. The Kier molecular flexibility index (Phi) is 4.97. The summed E-state index contributed by atoms with van der Waals surface area (Å²) in [4.78, 5) is 22.7. The van der Waals surface area contributed by atoms with Crippen molar-refractivity contribution in [1.29, 1.82) is 0 Å². The number of carbonyl (C=O) groups is 1. The fourth-order valence-corrected chi connectivity index (χ4v) is 3.56. The minimum absolute atomic E-state index is 0.00364. The summed E-state index contributed by atoms with van der Waals surface area (Å²) in [7, 11) is 1.66. The Morgan fingerprint density at radius 1 is 1.25 bits per heavy atom. The van der Waals surface area contributed by atoms with Crippen molar-refractivity contribution in [3.8, 4) is 17.0 Å². The van der Waals surface area contributed by atoms with Gasteiger partial charge in [0.15, 0.2) is 11.5 Å². The first-order valence-corrected chi connectivity index (χ1v) is 9.34. The van der Waals surface area contributed by atoms with E-state index in [0.717, 1.165) is 54.4 Å². The van der Waals surface area contributed by atoms with Crippen LogP contribution >= 0.6 is 0 Å². The molecule has 0 unspecified atom stereocenters. The molecule has 7 heteroatoms. The Labute approximate surface area is 163 Å². The van der Waals surface area contributed by atoms with E-state index in [1.807, 2.05) is 46.0 Å². The maximum Gasteiger partial charge on any atom is 0.245 e. The van der Waals surface area contributed by atoms with Crippen molar-refractivity contribution in [2.75, 3.05) is 25.5 Å². The predicted octanol–water partition coefficient (Wildman–Crippen LogP) is 2.99. The molecule has 2 aromatic heterocycles. The Morgan fingerprint density at radius 2 is 2.00 bits per heavy atom. The summed E-state index contributed by atoms with van der Waals surface area (Å²) in [6.07, 6.45) is 8.66. The van der Waals surface area contributed by atoms with Gasteiger partial charge in [-0.05, 0) is 43.2 Å². The number of fused-ring (bicyclic) bond motifs is 1. The SMILES string of the molecule is C=CC(=O)N1CCC(Nc2nccn3c(-c4ccc(OC)cc4)cnc23)CC1. The van der Waals surface area contributed by atoms with Gasteiger partial charge in [-0.3, -0.25) is 9.20 Å². The van der Waals surface area contributed by atoms with Crippen LogP contribution in [0.25, 0.3) is 16.9 Å².